The first-order valence-electron chi connectivity index (χ1n) is 7.83. The maximum Gasteiger partial charge on any atom is 0.240 e. The molecule has 1 aliphatic rings. The van der Waals surface area contributed by atoms with E-state index in [-0.39, 0.29) is 5.91 Å². The van der Waals surface area contributed by atoms with Crippen molar-refractivity contribution in [1.82, 2.24) is 19.9 Å². The number of amides is 1. The van der Waals surface area contributed by atoms with Crippen LogP contribution in [0.1, 0.15) is 11.3 Å². The summed E-state index contributed by atoms with van der Waals surface area (Å²) in [5, 5.41) is 0. The van der Waals surface area contributed by atoms with Gasteiger partial charge in [-0.1, -0.05) is 6.07 Å². The van der Waals surface area contributed by atoms with E-state index in [1.54, 1.807) is 18.7 Å². The Morgan fingerprint density at radius 3 is 2.83 bits per heavy atom. The molecule has 0 bridgehead atoms. The summed E-state index contributed by atoms with van der Waals surface area (Å²) in [5.41, 5.74) is 8.08. The van der Waals surface area contributed by atoms with Gasteiger partial charge in [0.15, 0.2) is 0 Å². The van der Waals surface area contributed by atoms with Crippen LogP contribution in [0, 0.1) is 6.92 Å². The van der Waals surface area contributed by atoms with Crippen LogP contribution in [-0.2, 0) is 11.2 Å². The van der Waals surface area contributed by atoms with Crippen LogP contribution in [0.4, 0.5) is 5.82 Å². The lowest BCUT2D eigenvalue weighted by Gasteiger charge is -2.37. The molecule has 2 aromatic heterocycles. The highest BCUT2D eigenvalue weighted by atomic mass is 16.2. The summed E-state index contributed by atoms with van der Waals surface area (Å²) in [5.74, 6) is 0.998. The van der Waals surface area contributed by atoms with E-state index in [0.29, 0.717) is 19.5 Å². The molecule has 2 aromatic rings. The fourth-order valence-electron chi connectivity index (χ4n) is 2.90. The average Bonchev–Trinajstić information content (AvgIpc) is 3.08. The number of carbonyl (C=O) groups excluding carboxylic acids is 1. The minimum atomic E-state index is -0.529. The summed E-state index contributed by atoms with van der Waals surface area (Å²) in [4.78, 5) is 27.9. The van der Waals surface area contributed by atoms with Crippen LogP contribution >= 0.6 is 0 Å². The maximum absolute atomic E-state index is 12.5. The van der Waals surface area contributed by atoms with Crippen molar-refractivity contribution in [3.8, 4) is 0 Å². The number of nitrogens with two attached hydrogens (primary N) is 1. The van der Waals surface area contributed by atoms with Crippen molar-refractivity contribution in [2.75, 3.05) is 31.1 Å². The zero-order valence-electron chi connectivity index (χ0n) is 13.3. The van der Waals surface area contributed by atoms with E-state index in [2.05, 4.69) is 32.8 Å². The first-order valence-corrected chi connectivity index (χ1v) is 7.83. The van der Waals surface area contributed by atoms with Crippen LogP contribution in [0.2, 0.25) is 0 Å². The largest absolute Gasteiger partial charge is 0.353 e. The molecule has 1 atom stereocenters. The lowest BCUT2D eigenvalue weighted by molar-refractivity contribution is -0.132. The third kappa shape index (κ3) is 3.50. The second kappa shape index (κ2) is 6.78. The maximum atomic E-state index is 12.5. The highest BCUT2D eigenvalue weighted by molar-refractivity contribution is 5.82. The molecule has 1 saturated heterocycles. The van der Waals surface area contributed by atoms with Crippen LogP contribution in [0.25, 0.3) is 0 Å². The molecule has 0 saturated carbocycles. The number of nitrogens with zero attached hydrogens (tertiary/aromatic N) is 4. The van der Waals surface area contributed by atoms with Crippen molar-refractivity contribution in [3.63, 3.8) is 0 Å². The van der Waals surface area contributed by atoms with Crippen molar-refractivity contribution in [1.29, 1.82) is 0 Å². The molecule has 0 aromatic carbocycles. The number of anilines is 1. The summed E-state index contributed by atoms with van der Waals surface area (Å²) in [6.07, 6.45) is 5.59. The summed E-state index contributed by atoms with van der Waals surface area (Å²) < 4.78 is 0. The number of aromatic nitrogens is 3. The molecule has 3 rings (SSSR count). The predicted octanol–water partition coefficient (Wildman–Crippen LogP) is 0.332. The molecule has 7 heteroatoms. The van der Waals surface area contributed by atoms with Gasteiger partial charge in [0.2, 0.25) is 5.91 Å². The van der Waals surface area contributed by atoms with Crippen molar-refractivity contribution in [2.45, 2.75) is 19.4 Å². The first kappa shape index (κ1) is 15.5. The predicted molar refractivity (Wildman–Crippen MR) is 88.0 cm³/mol. The number of piperazine rings is 1. The number of hydrogen-bond acceptors (Lipinski definition) is 5. The van der Waals surface area contributed by atoms with Gasteiger partial charge in [-0.25, -0.2) is 9.97 Å². The zero-order chi connectivity index (χ0) is 16.2. The Morgan fingerprint density at radius 1 is 1.39 bits per heavy atom. The standard InChI is InChI=1S/C16H22N6O/c1-12-3-2-4-19-15(12)21-5-7-22(8-6-21)16(23)14(17)9-13-10-18-11-20-13/h2-4,10-11,14H,5-9,17H2,1H3,(H,18,20)/t14-/m0/s1. The van der Waals surface area contributed by atoms with E-state index >= 15 is 0 Å². The molecule has 1 amide bonds. The summed E-state index contributed by atoms with van der Waals surface area (Å²) >= 11 is 0. The van der Waals surface area contributed by atoms with Crippen molar-refractivity contribution in [2.24, 2.45) is 5.73 Å². The Bertz CT molecular complexity index is 648. The van der Waals surface area contributed by atoms with Gasteiger partial charge in [-0.2, -0.15) is 0 Å². The molecular weight excluding hydrogens is 292 g/mol. The number of H-pyrrole nitrogens is 1. The number of carbonyl (C=O) groups is 1. The van der Waals surface area contributed by atoms with Gasteiger partial charge in [0.05, 0.1) is 12.4 Å². The lowest BCUT2D eigenvalue weighted by Crippen LogP contribution is -2.54. The van der Waals surface area contributed by atoms with E-state index in [9.17, 15) is 4.79 Å². The molecule has 122 valence electrons. The van der Waals surface area contributed by atoms with Crippen LogP contribution in [0.3, 0.4) is 0 Å². The third-order valence-electron chi connectivity index (χ3n) is 4.18. The summed E-state index contributed by atoms with van der Waals surface area (Å²) in [6, 6.07) is 3.46. The van der Waals surface area contributed by atoms with Gasteiger partial charge >= 0.3 is 0 Å². The Hall–Kier alpha value is -2.41. The Labute approximate surface area is 135 Å². The Kier molecular flexibility index (Phi) is 4.57. The fraction of sp³-hybridized carbons (Fsp3) is 0.438. The minimum absolute atomic E-state index is 0.00278. The van der Waals surface area contributed by atoms with Gasteiger partial charge in [0.25, 0.3) is 0 Å². The smallest absolute Gasteiger partial charge is 0.240 e. The van der Waals surface area contributed by atoms with Gasteiger partial charge in [-0.15, -0.1) is 0 Å². The molecule has 0 spiro atoms. The topological polar surface area (TPSA) is 91.1 Å². The van der Waals surface area contributed by atoms with Crippen molar-refractivity contribution >= 4 is 11.7 Å². The first-order chi connectivity index (χ1) is 11.1. The van der Waals surface area contributed by atoms with Crippen LogP contribution < -0.4 is 10.6 Å². The van der Waals surface area contributed by atoms with E-state index in [4.69, 9.17) is 5.73 Å². The van der Waals surface area contributed by atoms with Gasteiger partial charge in [0.1, 0.15) is 5.82 Å². The second-order valence-electron chi connectivity index (χ2n) is 5.84. The van der Waals surface area contributed by atoms with E-state index < -0.39 is 6.04 Å². The van der Waals surface area contributed by atoms with Gasteiger partial charge in [0, 0.05) is 50.7 Å². The molecule has 1 aliphatic heterocycles. The number of imidazole rings is 1. The average molecular weight is 314 g/mol. The molecule has 0 radical (unpaired) electrons. The van der Waals surface area contributed by atoms with E-state index in [1.807, 2.05) is 11.0 Å². The molecule has 3 N–H and O–H groups in total. The lowest BCUT2D eigenvalue weighted by atomic mass is 10.1. The van der Waals surface area contributed by atoms with Gasteiger partial charge in [-0.05, 0) is 18.6 Å². The number of pyridine rings is 1. The highest BCUT2D eigenvalue weighted by Crippen LogP contribution is 2.18. The monoisotopic (exact) mass is 314 g/mol. The van der Waals surface area contributed by atoms with Crippen LogP contribution in [0.15, 0.2) is 30.9 Å². The molecule has 0 unspecified atom stereocenters. The Morgan fingerprint density at radius 2 is 2.17 bits per heavy atom. The molecule has 1 fully saturated rings. The molecule has 0 aliphatic carbocycles. The number of aromatic amines is 1. The van der Waals surface area contributed by atoms with Crippen molar-refractivity contribution < 1.29 is 4.79 Å². The van der Waals surface area contributed by atoms with E-state index in [1.165, 1.54) is 0 Å². The number of nitrogens with one attached hydrogen (secondary N) is 1. The third-order valence-corrected chi connectivity index (χ3v) is 4.18. The van der Waals surface area contributed by atoms with Crippen LogP contribution in [0.5, 0.6) is 0 Å². The van der Waals surface area contributed by atoms with Gasteiger partial charge in [-0.3, -0.25) is 4.79 Å². The quantitative estimate of drug-likeness (QED) is 0.849. The minimum Gasteiger partial charge on any atom is -0.353 e. The summed E-state index contributed by atoms with van der Waals surface area (Å²) in [6.45, 7) is 4.96. The molecule has 7 nitrogen and oxygen atoms in total. The fourth-order valence-corrected chi connectivity index (χ4v) is 2.90. The second-order valence-corrected chi connectivity index (χ2v) is 5.84. The molecule has 3 heterocycles. The number of hydrogen-bond donors (Lipinski definition) is 2. The Balaban J connectivity index is 1.56. The van der Waals surface area contributed by atoms with E-state index in [0.717, 1.165) is 30.2 Å². The van der Waals surface area contributed by atoms with Crippen molar-refractivity contribution in [3.05, 3.63) is 42.1 Å². The SMILES string of the molecule is Cc1cccnc1N1CCN(C(=O)[C@@H](N)Cc2cnc[nH]2)CC1. The summed E-state index contributed by atoms with van der Waals surface area (Å²) in [7, 11) is 0. The normalized spacial score (nSPS) is 16.4. The number of aryl methyl sites for hydroxylation is 1. The molecule has 23 heavy (non-hydrogen) atoms. The highest BCUT2D eigenvalue weighted by Gasteiger charge is 2.26. The zero-order valence-corrected chi connectivity index (χ0v) is 13.3. The molecular formula is C16H22N6O. The van der Waals surface area contributed by atoms with Crippen LogP contribution in [-0.4, -0.2) is 58.0 Å². The van der Waals surface area contributed by atoms with Gasteiger partial charge < -0.3 is 20.5 Å². The number of rotatable bonds is 4.